The van der Waals surface area contributed by atoms with Crippen LogP contribution in [0.4, 0.5) is 0 Å². The molecule has 28 heavy (non-hydrogen) atoms. The second-order valence-electron chi connectivity index (χ2n) is 6.79. The van der Waals surface area contributed by atoms with Crippen LogP contribution < -0.4 is 17.2 Å². The molecule has 0 aliphatic carbocycles. The highest BCUT2D eigenvalue weighted by molar-refractivity contribution is 5.78. The molecule has 0 aliphatic rings. The number of carboxylic acid groups (broad SMARTS) is 5. The van der Waals surface area contributed by atoms with Crippen LogP contribution in [0.25, 0.3) is 0 Å². The monoisotopic (exact) mass is 407 g/mol. The molecule has 0 aromatic heterocycles. The SMILES string of the molecule is NCCC(CC(=O)O)(C(N)(N)CC(=O)O)C(CC(=O)O)(CC(=O)O)CC(=O)O. The lowest BCUT2D eigenvalue weighted by atomic mass is 9.49. The van der Waals surface area contributed by atoms with Gasteiger partial charge in [0.25, 0.3) is 0 Å². The maximum Gasteiger partial charge on any atom is 0.306 e. The number of aliphatic carboxylic acids is 5. The van der Waals surface area contributed by atoms with Gasteiger partial charge >= 0.3 is 29.8 Å². The normalized spacial score (nSPS) is 14.1. The number of carboxylic acids is 5. The maximum absolute atomic E-state index is 11.6. The van der Waals surface area contributed by atoms with Crippen molar-refractivity contribution < 1.29 is 49.5 Å². The van der Waals surface area contributed by atoms with Crippen LogP contribution in [0, 0.1) is 10.8 Å². The van der Waals surface area contributed by atoms with Crippen LogP contribution in [0.5, 0.6) is 0 Å². The van der Waals surface area contributed by atoms with Gasteiger partial charge < -0.3 is 42.7 Å². The van der Waals surface area contributed by atoms with Crippen LogP contribution in [0.2, 0.25) is 0 Å². The maximum atomic E-state index is 11.6. The fourth-order valence-corrected chi connectivity index (χ4v) is 3.92. The number of rotatable bonds is 14. The zero-order chi connectivity index (χ0) is 22.3. The molecule has 0 aliphatic heterocycles. The summed E-state index contributed by atoms with van der Waals surface area (Å²) in [5, 5.41) is 46.5. The average molecular weight is 407 g/mol. The molecule has 0 saturated heterocycles. The molecule has 160 valence electrons. The van der Waals surface area contributed by atoms with Gasteiger partial charge in [-0.3, -0.25) is 24.0 Å². The Kier molecular flexibility index (Phi) is 8.50. The van der Waals surface area contributed by atoms with Crippen molar-refractivity contribution in [1.82, 2.24) is 0 Å². The molecule has 0 rings (SSSR count). The van der Waals surface area contributed by atoms with E-state index in [1.54, 1.807) is 0 Å². The smallest absolute Gasteiger partial charge is 0.306 e. The first-order valence-electron chi connectivity index (χ1n) is 8.01. The number of carbonyl (C=O) groups is 5. The summed E-state index contributed by atoms with van der Waals surface area (Å²) < 4.78 is 0. The van der Waals surface area contributed by atoms with E-state index in [9.17, 15) is 44.4 Å². The van der Waals surface area contributed by atoms with Gasteiger partial charge in [0.2, 0.25) is 0 Å². The highest BCUT2D eigenvalue weighted by atomic mass is 16.4. The first-order valence-corrected chi connectivity index (χ1v) is 8.01. The van der Waals surface area contributed by atoms with Gasteiger partial charge in [0.05, 0.1) is 37.8 Å². The van der Waals surface area contributed by atoms with Crippen molar-refractivity contribution in [2.75, 3.05) is 6.54 Å². The van der Waals surface area contributed by atoms with E-state index in [1.165, 1.54) is 0 Å². The fourth-order valence-electron chi connectivity index (χ4n) is 3.92. The minimum absolute atomic E-state index is 0.385. The molecule has 1 atom stereocenters. The Morgan fingerprint density at radius 2 is 0.929 bits per heavy atom. The van der Waals surface area contributed by atoms with E-state index in [2.05, 4.69) is 0 Å². The summed E-state index contributed by atoms with van der Waals surface area (Å²) in [6.07, 6.45) is -6.08. The van der Waals surface area contributed by atoms with Crippen molar-refractivity contribution in [1.29, 1.82) is 0 Å². The second-order valence-corrected chi connectivity index (χ2v) is 6.79. The summed E-state index contributed by atoms with van der Waals surface area (Å²) in [6, 6.07) is 0. The van der Waals surface area contributed by atoms with Crippen LogP contribution in [0.3, 0.4) is 0 Å². The third-order valence-corrected chi connectivity index (χ3v) is 4.84. The highest BCUT2D eigenvalue weighted by Crippen LogP contribution is 2.57. The molecule has 0 aromatic carbocycles. The van der Waals surface area contributed by atoms with E-state index in [1.807, 2.05) is 0 Å². The molecule has 11 N–H and O–H groups in total. The Labute approximate surface area is 159 Å². The summed E-state index contributed by atoms with van der Waals surface area (Å²) in [4.78, 5) is 57.3. The molecule has 13 nitrogen and oxygen atoms in total. The van der Waals surface area contributed by atoms with Gasteiger partial charge in [-0.05, 0) is 13.0 Å². The lowest BCUT2D eigenvalue weighted by Crippen LogP contribution is -2.71. The van der Waals surface area contributed by atoms with Crippen LogP contribution in [0.1, 0.15) is 38.5 Å². The zero-order valence-electron chi connectivity index (χ0n) is 15.0. The third kappa shape index (κ3) is 5.87. The van der Waals surface area contributed by atoms with Gasteiger partial charge in [0.15, 0.2) is 0 Å². The van der Waals surface area contributed by atoms with E-state index >= 15 is 0 Å². The van der Waals surface area contributed by atoms with Crippen LogP contribution >= 0.6 is 0 Å². The Morgan fingerprint density at radius 1 is 0.607 bits per heavy atom. The van der Waals surface area contributed by atoms with E-state index in [4.69, 9.17) is 22.3 Å². The molecule has 0 fully saturated rings. The first-order chi connectivity index (χ1) is 12.6. The quantitative estimate of drug-likeness (QED) is 0.149. The molecule has 0 amide bonds. The van der Waals surface area contributed by atoms with Crippen LogP contribution in [-0.4, -0.2) is 67.6 Å². The summed E-state index contributed by atoms with van der Waals surface area (Å²) in [5.41, 5.74) is 10.3. The zero-order valence-corrected chi connectivity index (χ0v) is 15.0. The minimum atomic E-state index is -2.49. The van der Waals surface area contributed by atoms with Gasteiger partial charge in [-0.25, -0.2) is 0 Å². The Hall–Kier alpha value is -2.77. The number of nitrogens with two attached hydrogens (primary N) is 3. The standard InChI is InChI=1S/C15H25N3O10/c16-2-1-14(6-11(25)26,15(17,18)7-12(27)28)13(3-8(19)20,4-9(21)22)5-10(23)24/h1-7,16-18H2,(H,19,20)(H,21,22)(H,23,24)(H,25,26)(H,27,28). The Bertz CT molecular complexity index is 607. The summed E-state index contributed by atoms with van der Waals surface area (Å²) in [5.74, 6) is -8.10. The molecule has 0 heterocycles. The largest absolute Gasteiger partial charge is 0.481 e. The molecule has 0 saturated carbocycles. The molecular weight excluding hydrogens is 382 g/mol. The summed E-state index contributed by atoms with van der Waals surface area (Å²) in [7, 11) is 0. The predicted molar refractivity (Wildman–Crippen MR) is 90.9 cm³/mol. The molecule has 0 radical (unpaired) electrons. The van der Waals surface area contributed by atoms with Gasteiger partial charge in [-0.2, -0.15) is 0 Å². The minimum Gasteiger partial charge on any atom is -0.481 e. The Balaban J connectivity index is 7.14. The summed E-state index contributed by atoms with van der Waals surface area (Å²) in [6.45, 7) is -0.385. The van der Waals surface area contributed by atoms with Crippen molar-refractivity contribution >= 4 is 29.8 Å². The molecule has 13 heteroatoms. The van der Waals surface area contributed by atoms with E-state index in [0.717, 1.165) is 0 Å². The molecule has 0 bridgehead atoms. The average Bonchev–Trinajstić information content (AvgIpc) is 2.41. The van der Waals surface area contributed by atoms with Gasteiger partial charge in [-0.15, -0.1) is 0 Å². The van der Waals surface area contributed by atoms with Crippen LogP contribution in [0.15, 0.2) is 0 Å². The van der Waals surface area contributed by atoms with E-state index in [0.29, 0.717) is 0 Å². The molecule has 1 unspecified atom stereocenters. The van der Waals surface area contributed by atoms with Crippen molar-refractivity contribution in [3.63, 3.8) is 0 Å². The van der Waals surface area contributed by atoms with Crippen LogP contribution in [-0.2, 0) is 24.0 Å². The first kappa shape index (κ1) is 25.2. The van der Waals surface area contributed by atoms with Crippen molar-refractivity contribution in [2.24, 2.45) is 28.0 Å². The lowest BCUT2D eigenvalue weighted by molar-refractivity contribution is -0.170. The topological polar surface area (TPSA) is 265 Å². The Morgan fingerprint density at radius 3 is 1.18 bits per heavy atom. The molecule has 0 spiro atoms. The van der Waals surface area contributed by atoms with Crippen molar-refractivity contribution in [2.45, 2.75) is 44.2 Å². The van der Waals surface area contributed by atoms with Gasteiger partial charge in [0, 0.05) is 10.8 Å². The molecular formula is C15H25N3O10. The summed E-state index contributed by atoms with van der Waals surface area (Å²) >= 11 is 0. The predicted octanol–water partition coefficient (Wildman–Crippen LogP) is -1.70. The number of hydrogen-bond acceptors (Lipinski definition) is 8. The van der Waals surface area contributed by atoms with Crippen molar-refractivity contribution in [3.05, 3.63) is 0 Å². The lowest BCUT2D eigenvalue weighted by Gasteiger charge is -2.56. The van der Waals surface area contributed by atoms with Gasteiger partial charge in [-0.1, -0.05) is 0 Å². The molecule has 0 aromatic rings. The second kappa shape index (κ2) is 9.43. The number of hydrogen-bond donors (Lipinski definition) is 8. The van der Waals surface area contributed by atoms with E-state index in [-0.39, 0.29) is 6.54 Å². The fraction of sp³-hybridized carbons (Fsp3) is 0.667. The van der Waals surface area contributed by atoms with Crippen molar-refractivity contribution in [3.8, 4) is 0 Å². The third-order valence-electron chi connectivity index (χ3n) is 4.84. The van der Waals surface area contributed by atoms with Gasteiger partial charge in [0.1, 0.15) is 0 Å². The van der Waals surface area contributed by atoms with E-state index < -0.39 is 84.9 Å². The highest BCUT2D eigenvalue weighted by Gasteiger charge is 2.63.